The van der Waals surface area contributed by atoms with Crippen molar-refractivity contribution in [3.05, 3.63) is 89.3 Å². The van der Waals surface area contributed by atoms with E-state index in [-0.39, 0.29) is 23.1 Å². The van der Waals surface area contributed by atoms with E-state index in [0.717, 1.165) is 32.3 Å². The summed E-state index contributed by atoms with van der Waals surface area (Å²) < 4.78 is 6.82. The first-order chi connectivity index (χ1) is 17.7. The van der Waals surface area contributed by atoms with Crippen molar-refractivity contribution in [1.29, 1.82) is 0 Å². The highest BCUT2D eigenvalue weighted by molar-refractivity contribution is 8.00. The first-order valence-corrected chi connectivity index (χ1v) is 13.8. The Balaban J connectivity index is 1.16. The highest BCUT2D eigenvalue weighted by atomic mass is 32.2. The van der Waals surface area contributed by atoms with Gasteiger partial charge < -0.3 is 14.6 Å². The number of thioether (sulfide) groups is 1. The monoisotopic (exact) mass is 532 g/mol. The molecule has 4 aromatic rings. The Hall–Kier alpha value is -3.43. The second kappa shape index (κ2) is 10.1. The molecule has 2 aromatic heterocycles. The first kappa shape index (κ1) is 25.2. The number of thiazole rings is 1. The Bertz CT molecular complexity index is 1440. The lowest BCUT2D eigenvalue weighted by atomic mass is 9.94. The lowest BCUT2D eigenvalue weighted by Gasteiger charge is -2.17. The van der Waals surface area contributed by atoms with E-state index in [2.05, 4.69) is 36.1 Å². The van der Waals surface area contributed by atoms with E-state index in [9.17, 15) is 9.59 Å². The van der Waals surface area contributed by atoms with Crippen molar-refractivity contribution in [1.82, 2.24) is 9.97 Å². The number of aromatic nitrogens is 2. The van der Waals surface area contributed by atoms with E-state index >= 15 is 0 Å². The van der Waals surface area contributed by atoms with Crippen LogP contribution in [0.2, 0.25) is 0 Å². The molecule has 0 fully saturated rings. The fourth-order valence-electron chi connectivity index (χ4n) is 4.01. The molecule has 0 aliphatic carbocycles. The fourth-order valence-corrected chi connectivity index (χ4v) is 5.74. The van der Waals surface area contributed by atoms with Crippen LogP contribution in [0, 0.1) is 0 Å². The maximum absolute atomic E-state index is 12.9. The van der Waals surface area contributed by atoms with Gasteiger partial charge >= 0.3 is 0 Å². The molecule has 5 rings (SSSR count). The summed E-state index contributed by atoms with van der Waals surface area (Å²) in [5.41, 5.74) is 3.39. The Morgan fingerprint density at radius 2 is 1.89 bits per heavy atom. The van der Waals surface area contributed by atoms with Crippen molar-refractivity contribution >= 4 is 45.7 Å². The number of nitrogens with one attached hydrogen (secondary N) is 1. The second-order valence-electron chi connectivity index (χ2n) is 9.99. The average Bonchev–Trinajstić information content (AvgIpc) is 3.62. The minimum Gasteiger partial charge on any atom is -0.444 e. The largest absolute Gasteiger partial charge is 0.444 e. The zero-order valence-electron chi connectivity index (χ0n) is 21.1. The molecule has 1 unspecified atom stereocenters. The molecule has 2 amide bonds. The molecule has 1 aliphatic heterocycles. The normalized spacial score (nSPS) is 14.1. The summed E-state index contributed by atoms with van der Waals surface area (Å²) in [5.74, 6) is 1.63. The summed E-state index contributed by atoms with van der Waals surface area (Å²) in [6.45, 7) is 8.69. The van der Waals surface area contributed by atoms with Crippen LogP contribution in [0.3, 0.4) is 0 Å². The summed E-state index contributed by atoms with van der Waals surface area (Å²) in [6.07, 6.45) is 3.53. The molecule has 37 heavy (non-hydrogen) atoms. The van der Waals surface area contributed by atoms with Gasteiger partial charge in [-0.3, -0.25) is 9.59 Å². The van der Waals surface area contributed by atoms with Gasteiger partial charge in [0.2, 0.25) is 11.8 Å². The maximum atomic E-state index is 12.9. The molecule has 0 spiro atoms. The number of hydrogen-bond donors (Lipinski definition) is 1. The van der Waals surface area contributed by atoms with Gasteiger partial charge in [0, 0.05) is 16.7 Å². The summed E-state index contributed by atoms with van der Waals surface area (Å²) in [6, 6.07) is 15.3. The van der Waals surface area contributed by atoms with E-state index < -0.39 is 0 Å². The van der Waals surface area contributed by atoms with Gasteiger partial charge in [-0.15, -0.1) is 11.8 Å². The zero-order chi connectivity index (χ0) is 26.2. The van der Waals surface area contributed by atoms with Crippen LogP contribution in [0.25, 0.3) is 0 Å². The molecule has 190 valence electrons. The number of amides is 2. The molecule has 1 atom stereocenters. The van der Waals surface area contributed by atoms with Crippen molar-refractivity contribution in [3.8, 4) is 0 Å². The Morgan fingerprint density at radius 3 is 2.59 bits per heavy atom. The van der Waals surface area contributed by atoms with Gasteiger partial charge in [-0.2, -0.15) is 0 Å². The summed E-state index contributed by atoms with van der Waals surface area (Å²) in [5, 5.41) is 3.48. The van der Waals surface area contributed by atoms with Gasteiger partial charge in [-0.05, 0) is 36.2 Å². The standard InChI is InChI=1S/C28H28N4O3S2/c1-17(18-9-11-20(12-10-18)32-15-19-7-5-6-8-21(19)26(32)34)25(33)31-27-30-14-24(37-27)36-16-23-29-13-22(35-23)28(2,3)4/h5-14,17H,15-16H2,1-4H3,(H,30,31,33). The number of hydrogen-bond acceptors (Lipinski definition) is 7. The van der Waals surface area contributed by atoms with E-state index in [0.29, 0.717) is 23.3 Å². The van der Waals surface area contributed by atoms with Crippen LogP contribution in [-0.2, 0) is 22.5 Å². The van der Waals surface area contributed by atoms with Crippen LogP contribution in [0.1, 0.15) is 66.7 Å². The summed E-state index contributed by atoms with van der Waals surface area (Å²) >= 11 is 3.00. The molecule has 0 bridgehead atoms. The van der Waals surface area contributed by atoms with Gasteiger partial charge in [0.1, 0.15) is 5.76 Å². The number of anilines is 2. The minimum absolute atomic E-state index is 0.00376. The summed E-state index contributed by atoms with van der Waals surface area (Å²) in [7, 11) is 0. The number of nitrogens with zero attached hydrogens (tertiary/aromatic N) is 3. The van der Waals surface area contributed by atoms with Gasteiger partial charge in [0.15, 0.2) is 5.13 Å². The molecule has 1 N–H and O–H groups in total. The number of carbonyl (C=O) groups excluding carboxylic acids is 2. The zero-order valence-corrected chi connectivity index (χ0v) is 22.8. The molecule has 0 radical (unpaired) electrons. The van der Waals surface area contributed by atoms with Crippen molar-refractivity contribution in [3.63, 3.8) is 0 Å². The molecular weight excluding hydrogens is 504 g/mol. The third-order valence-electron chi connectivity index (χ3n) is 6.26. The maximum Gasteiger partial charge on any atom is 0.258 e. The molecule has 1 aliphatic rings. The van der Waals surface area contributed by atoms with E-state index in [1.807, 2.05) is 55.5 Å². The topological polar surface area (TPSA) is 88.3 Å². The van der Waals surface area contributed by atoms with Crippen molar-refractivity contribution in [2.75, 3.05) is 10.2 Å². The van der Waals surface area contributed by atoms with Gasteiger partial charge in [-0.25, -0.2) is 9.97 Å². The predicted molar refractivity (Wildman–Crippen MR) is 147 cm³/mol. The number of rotatable bonds is 7. The number of benzene rings is 2. The van der Waals surface area contributed by atoms with Crippen LogP contribution in [0.15, 0.2) is 69.6 Å². The van der Waals surface area contributed by atoms with E-state index in [4.69, 9.17) is 4.42 Å². The molecule has 9 heteroatoms. The third-order valence-corrected chi connectivity index (χ3v) is 8.36. The quantitative estimate of drug-likeness (QED) is 0.269. The Labute approximate surface area is 224 Å². The van der Waals surface area contributed by atoms with Gasteiger partial charge in [0.05, 0.1) is 34.8 Å². The van der Waals surface area contributed by atoms with E-state index in [1.165, 1.54) is 11.3 Å². The molecule has 0 saturated heterocycles. The number of oxazole rings is 1. The Kier molecular flexibility index (Phi) is 6.92. The lowest BCUT2D eigenvalue weighted by molar-refractivity contribution is -0.117. The van der Waals surface area contributed by atoms with Crippen LogP contribution < -0.4 is 10.2 Å². The average molecular weight is 533 g/mol. The van der Waals surface area contributed by atoms with Crippen LogP contribution in [0.5, 0.6) is 0 Å². The lowest BCUT2D eigenvalue weighted by Crippen LogP contribution is -2.23. The van der Waals surface area contributed by atoms with Gasteiger partial charge in [0.25, 0.3) is 5.91 Å². The molecule has 2 aromatic carbocycles. The fraction of sp³-hybridized carbons (Fsp3) is 0.286. The van der Waals surface area contributed by atoms with Gasteiger partial charge in [-0.1, -0.05) is 62.4 Å². The Morgan fingerprint density at radius 1 is 1.14 bits per heavy atom. The van der Waals surface area contributed by atoms with Crippen molar-refractivity contribution in [2.45, 2.75) is 55.5 Å². The SMILES string of the molecule is CC(C(=O)Nc1ncc(SCc2ncc(C(C)(C)C)o2)s1)c1ccc(N2Cc3ccccc3C2=O)cc1. The number of carbonyl (C=O) groups is 2. The predicted octanol–water partition coefficient (Wildman–Crippen LogP) is 6.62. The van der Waals surface area contributed by atoms with Crippen molar-refractivity contribution < 1.29 is 14.0 Å². The van der Waals surface area contributed by atoms with E-state index in [1.54, 1.807) is 29.1 Å². The highest BCUT2D eigenvalue weighted by Crippen LogP contribution is 2.33. The van der Waals surface area contributed by atoms with Crippen molar-refractivity contribution in [2.24, 2.45) is 0 Å². The van der Waals surface area contributed by atoms with Crippen LogP contribution in [-0.4, -0.2) is 21.8 Å². The van der Waals surface area contributed by atoms with Crippen LogP contribution >= 0.6 is 23.1 Å². The van der Waals surface area contributed by atoms with Crippen LogP contribution in [0.4, 0.5) is 10.8 Å². The summed E-state index contributed by atoms with van der Waals surface area (Å²) in [4.78, 5) is 36.1. The third kappa shape index (κ3) is 5.47. The highest BCUT2D eigenvalue weighted by Gasteiger charge is 2.28. The molecule has 0 saturated carbocycles. The molecule has 7 nitrogen and oxygen atoms in total. The first-order valence-electron chi connectivity index (χ1n) is 12.0. The molecule has 3 heterocycles. The molecular formula is C28H28N4O3S2. The smallest absolute Gasteiger partial charge is 0.258 e. The second-order valence-corrected chi connectivity index (χ2v) is 12.3. The number of fused-ring (bicyclic) bond motifs is 1. The minimum atomic E-state index is -0.372.